The monoisotopic (exact) mass is 738 g/mol. The van der Waals surface area contributed by atoms with Crippen molar-refractivity contribution in [1.82, 2.24) is 0 Å². The van der Waals surface area contributed by atoms with E-state index in [1.54, 1.807) is 52.4 Å². The Bertz CT molecular complexity index is 1720. The topological polar surface area (TPSA) is 154 Å². The SMILES string of the molecule is C/C=C(\C)C(=O)OC1CC(OC(C)=O)[C@@]2(C)COC3C2[C@@]1(C)[C@@H](COC(C)=O)[C@](C)(C1=C(C)[C@H](c2ccoc2)C[C@@H]1OC(C)=O)C3OC(=O)/C(C)=C/C. The molecule has 0 N–H and O–H groups in total. The van der Waals surface area contributed by atoms with Crippen LogP contribution in [0.15, 0.2) is 57.5 Å². The molecule has 4 aliphatic rings. The number of esters is 5. The Hall–Kier alpha value is -4.19. The van der Waals surface area contributed by atoms with Gasteiger partial charge in [-0.1, -0.05) is 38.5 Å². The predicted molar refractivity (Wildman–Crippen MR) is 191 cm³/mol. The Morgan fingerprint density at radius 2 is 1.45 bits per heavy atom. The molecule has 0 spiro atoms. The number of carbonyl (C=O) groups is 5. The first-order valence-corrected chi connectivity index (χ1v) is 18.4. The highest BCUT2D eigenvalue weighted by Gasteiger charge is 2.77. The van der Waals surface area contributed by atoms with Gasteiger partial charge in [-0.15, -0.1) is 0 Å². The molecule has 2 saturated carbocycles. The Labute approximate surface area is 311 Å². The summed E-state index contributed by atoms with van der Waals surface area (Å²) >= 11 is 0. The molecule has 1 aromatic rings. The Kier molecular flexibility index (Phi) is 11.3. The molecule has 12 nitrogen and oxygen atoms in total. The zero-order valence-electron chi connectivity index (χ0n) is 32.7. The standard InChI is InChI=1S/C41H54O12/c1-12-21(3)37(45)52-32-17-31(51-26(8)44)39(9)20-49-34-35(39)40(32,10)30(19-48-24(6)42)41(11,36(34)53-38(46)22(4)13-2)33-23(5)28(27-14-15-47-18-27)16-29(33)50-25(7)43/h12-15,18,28-32,34-36H,16-17,19-20H2,1-11H3/b21-12+,22-13+/t28-,29+,30-,31?,32?,34?,35?,36?,39-,40+,41-/m1/s1. The fourth-order valence-corrected chi connectivity index (χ4v) is 10.2. The van der Waals surface area contributed by atoms with E-state index >= 15 is 0 Å². The van der Waals surface area contributed by atoms with Crippen LogP contribution in [-0.2, 0) is 52.4 Å². The van der Waals surface area contributed by atoms with Gasteiger partial charge in [0.25, 0.3) is 0 Å². The number of hydrogen-bond acceptors (Lipinski definition) is 12. The first kappa shape index (κ1) is 40.0. The van der Waals surface area contributed by atoms with Crippen LogP contribution in [0.1, 0.15) is 100 Å². The van der Waals surface area contributed by atoms with Crippen molar-refractivity contribution in [3.05, 3.63) is 58.6 Å². The van der Waals surface area contributed by atoms with Gasteiger partial charge in [-0.3, -0.25) is 14.4 Å². The van der Waals surface area contributed by atoms with Crippen molar-refractivity contribution in [2.75, 3.05) is 13.2 Å². The second-order valence-electron chi connectivity index (χ2n) is 15.8. The van der Waals surface area contributed by atoms with Gasteiger partial charge < -0.3 is 32.8 Å². The Balaban J connectivity index is 1.86. The molecule has 11 atom stereocenters. The van der Waals surface area contributed by atoms with Crippen LogP contribution in [-0.4, -0.2) is 73.6 Å². The normalized spacial score (nSPS) is 36.7. The molecule has 0 bridgehead atoms. The highest BCUT2D eigenvalue weighted by atomic mass is 16.6. The van der Waals surface area contributed by atoms with Gasteiger partial charge in [0.2, 0.25) is 0 Å². The van der Waals surface area contributed by atoms with Crippen molar-refractivity contribution < 1.29 is 56.8 Å². The summed E-state index contributed by atoms with van der Waals surface area (Å²) in [6.45, 7) is 18.7. The second-order valence-corrected chi connectivity index (χ2v) is 15.8. The largest absolute Gasteiger partial charge is 0.472 e. The number of furan rings is 1. The van der Waals surface area contributed by atoms with E-state index in [2.05, 4.69) is 0 Å². The minimum absolute atomic E-state index is 0.139. The second kappa shape index (κ2) is 14.9. The maximum Gasteiger partial charge on any atom is 0.333 e. The number of carbonyl (C=O) groups excluding carboxylic acids is 5. The molecular formula is C41H54O12. The van der Waals surface area contributed by atoms with Crippen LogP contribution >= 0.6 is 0 Å². The number of ether oxygens (including phenoxy) is 6. The maximum absolute atomic E-state index is 13.9. The predicted octanol–water partition coefficient (Wildman–Crippen LogP) is 6.33. The van der Waals surface area contributed by atoms with Crippen LogP contribution in [0, 0.1) is 28.1 Å². The highest BCUT2D eigenvalue weighted by molar-refractivity contribution is 5.88. The number of rotatable bonds is 10. The lowest BCUT2D eigenvalue weighted by atomic mass is 9.40. The summed E-state index contributed by atoms with van der Waals surface area (Å²) < 4.78 is 43.4. The fraction of sp³-hybridized carbons (Fsp3) is 0.634. The summed E-state index contributed by atoms with van der Waals surface area (Å²) in [5.41, 5.74) is 0.0886. The zero-order chi connectivity index (χ0) is 39.2. The molecule has 1 aromatic heterocycles. The van der Waals surface area contributed by atoms with E-state index in [0.29, 0.717) is 23.1 Å². The molecule has 12 heteroatoms. The quantitative estimate of drug-likeness (QED) is 0.114. The minimum atomic E-state index is -1.25. The lowest BCUT2D eigenvalue weighted by Gasteiger charge is -2.66. The molecule has 0 radical (unpaired) electrons. The first-order valence-electron chi connectivity index (χ1n) is 18.4. The number of hydrogen-bond donors (Lipinski definition) is 0. The molecule has 0 aromatic carbocycles. The molecule has 3 aliphatic carbocycles. The van der Waals surface area contributed by atoms with E-state index in [-0.39, 0.29) is 25.6 Å². The van der Waals surface area contributed by atoms with Crippen molar-refractivity contribution >= 4 is 29.8 Å². The van der Waals surface area contributed by atoms with Gasteiger partial charge in [-0.05, 0) is 58.2 Å². The van der Waals surface area contributed by atoms with E-state index in [1.807, 2.05) is 33.8 Å². The lowest BCUT2D eigenvalue weighted by Crippen LogP contribution is -2.73. The fourth-order valence-electron chi connectivity index (χ4n) is 10.2. The average Bonchev–Trinajstić information content (AvgIpc) is 3.82. The molecular weight excluding hydrogens is 684 g/mol. The minimum Gasteiger partial charge on any atom is -0.472 e. The molecule has 5 unspecified atom stereocenters. The van der Waals surface area contributed by atoms with Crippen molar-refractivity contribution in [3.8, 4) is 0 Å². The zero-order valence-corrected chi connectivity index (χ0v) is 32.7. The summed E-state index contributed by atoms with van der Waals surface area (Å²) in [4.78, 5) is 65.8. The van der Waals surface area contributed by atoms with Crippen LogP contribution in [0.25, 0.3) is 0 Å². The Morgan fingerprint density at radius 3 is 2.00 bits per heavy atom. The molecule has 1 saturated heterocycles. The van der Waals surface area contributed by atoms with Crippen molar-refractivity contribution in [2.24, 2.45) is 28.1 Å². The molecule has 1 aliphatic heterocycles. The third kappa shape index (κ3) is 6.76. The van der Waals surface area contributed by atoms with Crippen LogP contribution in [0.3, 0.4) is 0 Å². The highest BCUT2D eigenvalue weighted by Crippen LogP contribution is 2.71. The third-order valence-electron chi connectivity index (χ3n) is 12.8. The Morgan fingerprint density at radius 1 is 0.830 bits per heavy atom. The molecule has 5 rings (SSSR count). The molecule has 0 amide bonds. The van der Waals surface area contributed by atoms with E-state index in [1.165, 1.54) is 20.8 Å². The van der Waals surface area contributed by atoms with Gasteiger partial charge in [0.15, 0.2) is 0 Å². The summed E-state index contributed by atoms with van der Waals surface area (Å²) in [5.74, 6) is -4.13. The molecule has 3 fully saturated rings. The average molecular weight is 739 g/mol. The van der Waals surface area contributed by atoms with E-state index in [0.717, 1.165) is 11.1 Å². The maximum atomic E-state index is 13.9. The van der Waals surface area contributed by atoms with Gasteiger partial charge in [0.1, 0.15) is 24.4 Å². The summed E-state index contributed by atoms with van der Waals surface area (Å²) in [6.07, 6.45) is 2.88. The van der Waals surface area contributed by atoms with Crippen LogP contribution in [0.2, 0.25) is 0 Å². The molecule has 53 heavy (non-hydrogen) atoms. The third-order valence-corrected chi connectivity index (χ3v) is 12.8. The van der Waals surface area contributed by atoms with E-state index in [4.69, 9.17) is 32.8 Å². The first-order chi connectivity index (χ1) is 24.9. The van der Waals surface area contributed by atoms with Crippen molar-refractivity contribution in [1.29, 1.82) is 0 Å². The number of allylic oxidation sites excluding steroid dienone is 3. The van der Waals surface area contributed by atoms with Gasteiger partial charge in [0.05, 0.1) is 31.8 Å². The van der Waals surface area contributed by atoms with Gasteiger partial charge in [-0.2, -0.15) is 0 Å². The van der Waals surface area contributed by atoms with Gasteiger partial charge >= 0.3 is 29.8 Å². The van der Waals surface area contributed by atoms with Gasteiger partial charge in [0, 0.05) is 72.3 Å². The van der Waals surface area contributed by atoms with Crippen LogP contribution in [0.5, 0.6) is 0 Å². The van der Waals surface area contributed by atoms with E-state index in [9.17, 15) is 24.0 Å². The summed E-state index contributed by atoms with van der Waals surface area (Å²) in [6, 6.07) is 1.87. The van der Waals surface area contributed by atoms with Gasteiger partial charge in [-0.25, -0.2) is 9.59 Å². The lowest BCUT2D eigenvalue weighted by molar-refractivity contribution is -0.265. The van der Waals surface area contributed by atoms with Crippen LogP contribution in [0.4, 0.5) is 0 Å². The van der Waals surface area contributed by atoms with Crippen LogP contribution < -0.4 is 0 Å². The van der Waals surface area contributed by atoms with E-state index < -0.39 is 88.4 Å². The smallest absolute Gasteiger partial charge is 0.333 e. The summed E-state index contributed by atoms with van der Waals surface area (Å²) in [5, 5.41) is 0. The molecule has 290 valence electrons. The summed E-state index contributed by atoms with van der Waals surface area (Å²) in [7, 11) is 0. The van der Waals surface area contributed by atoms with Crippen molar-refractivity contribution in [2.45, 2.75) is 125 Å². The van der Waals surface area contributed by atoms with Crippen molar-refractivity contribution in [3.63, 3.8) is 0 Å². The molecule has 2 heterocycles.